The molecule has 0 aromatic heterocycles. The lowest BCUT2D eigenvalue weighted by Crippen LogP contribution is -2.58. The lowest BCUT2D eigenvalue weighted by Gasteiger charge is -2.38. The highest BCUT2D eigenvalue weighted by Crippen LogP contribution is 2.55. The average Bonchev–Trinajstić information content (AvgIpc) is 2.77. The van der Waals surface area contributed by atoms with Gasteiger partial charge in [-0.15, -0.1) is 0 Å². The first kappa shape index (κ1) is 15.8. The van der Waals surface area contributed by atoms with E-state index >= 15 is 0 Å². The van der Waals surface area contributed by atoms with E-state index in [0.717, 1.165) is 0 Å². The second kappa shape index (κ2) is 4.48. The van der Waals surface area contributed by atoms with E-state index in [9.17, 15) is 36.6 Å². The van der Waals surface area contributed by atoms with E-state index < -0.39 is 54.3 Å². The Kier molecular flexibility index (Phi) is 3.54. The van der Waals surface area contributed by atoms with Crippen LogP contribution in [0.15, 0.2) is 0 Å². The molecule has 0 saturated heterocycles. The van der Waals surface area contributed by atoms with Crippen LogP contribution in [-0.4, -0.2) is 45.5 Å². The zero-order valence-electron chi connectivity index (χ0n) is 10.1. The molecule has 2 fully saturated rings. The molecule has 2 rings (SSSR count). The third kappa shape index (κ3) is 2.19. The number of halogens is 6. The maximum atomic E-state index is 12.6. The van der Waals surface area contributed by atoms with Gasteiger partial charge in [-0.3, -0.25) is 0 Å². The predicted octanol–water partition coefficient (Wildman–Crippen LogP) is 1.61. The quantitative estimate of drug-likeness (QED) is 0.679. The topological polar surface area (TPSA) is 60.7 Å². The predicted molar refractivity (Wildman–Crippen MR) is 53.4 cm³/mol. The Hall–Kier alpha value is -0.540. The largest absolute Gasteiger partial charge is 0.426 e. The first-order valence-electron chi connectivity index (χ1n) is 6.10. The summed E-state index contributed by atoms with van der Waals surface area (Å²) >= 11 is 0. The van der Waals surface area contributed by atoms with Gasteiger partial charge in [0.05, 0.1) is 12.2 Å². The van der Waals surface area contributed by atoms with Gasteiger partial charge in [-0.05, 0) is 37.0 Å². The van der Waals surface area contributed by atoms with Crippen molar-refractivity contribution in [3.05, 3.63) is 0 Å². The van der Waals surface area contributed by atoms with E-state index in [1.54, 1.807) is 0 Å². The number of rotatable bonds is 2. The van der Waals surface area contributed by atoms with Gasteiger partial charge in [-0.25, -0.2) is 0 Å². The molecule has 2 bridgehead atoms. The molecule has 0 spiro atoms. The molecule has 2 saturated carbocycles. The first-order valence-corrected chi connectivity index (χ1v) is 6.10. The van der Waals surface area contributed by atoms with E-state index in [1.165, 1.54) is 0 Å². The SMILES string of the molecule is O[C@@H]1[C@H]2C[C@@H](CC(O)(C(F)(F)F)C(F)(F)F)[C@H](C2)[C@H]1O. The van der Waals surface area contributed by atoms with Gasteiger partial charge in [0.15, 0.2) is 0 Å². The third-order valence-electron chi connectivity index (χ3n) is 4.55. The molecule has 0 aromatic carbocycles. The summed E-state index contributed by atoms with van der Waals surface area (Å²) in [4.78, 5) is 0. The first-order chi connectivity index (χ1) is 8.88. The van der Waals surface area contributed by atoms with Crippen LogP contribution in [0.4, 0.5) is 26.3 Å². The fourth-order valence-corrected chi connectivity index (χ4v) is 3.44. The molecule has 0 aliphatic heterocycles. The minimum absolute atomic E-state index is 0.0582. The van der Waals surface area contributed by atoms with E-state index in [-0.39, 0.29) is 12.8 Å². The van der Waals surface area contributed by atoms with Gasteiger partial charge in [0.1, 0.15) is 0 Å². The van der Waals surface area contributed by atoms with Crippen LogP contribution in [0.2, 0.25) is 0 Å². The maximum absolute atomic E-state index is 12.6. The van der Waals surface area contributed by atoms with Crippen molar-refractivity contribution in [2.45, 2.75) is 49.4 Å². The molecule has 0 radical (unpaired) electrons. The highest BCUT2D eigenvalue weighted by Gasteiger charge is 2.71. The smallest absolute Gasteiger partial charge is 0.390 e. The van der Waals surface area contributed by atoms with Gasteiger partial charge >= 0.3 is 12.4 Å². The Morgan fingerprint density at radius 1 is 0.850 bits per heavy atom. The standard InChI is InChI=1S/C11H14F6O3/c12-10(13,14)9(20,11(15,16)17)3-5-1-4-2-6(5)8(19)7(4)18/h4-8,18-20H,1-3H2/t4-,5-,6-,7+,8+/m0/s1. The molecular formula is C11H14F6O3. The highest BCUT2D eigenvalue weighted by molar-refractivity contribution is 5.05. The molecule has 0 amide bonds. The van der Waals surface area contributed by atoms with Crippen molar-refractivity contribution in [1.82, 2.24) is 0 Å². The summed E-state index contributed by atoms with van der Waals surface area (Å²) in [5.41, 5.74) is -4.78. The van der Waals surface area contributed by atoms with Crippen LogP contribution < -0.4 is 0 Å². The van der Waals surface area contributed by atoms with Crippen molar-refractivity contribution in [1.29, 1.82) is 0 Å². The van der Waals surface area contributed by atoms with Gasteiger partial charge in [0.25, 0.3) is 5.60 Å². The van der Waals surface area contributed by atoms with Gasteiger partial charge in [-0.2, -0.15) is 26.3 Å². The van der Waals surface area contributed by atoms with Crippen molar-refractivity contribution in [3.8, 4) is 0 Å². The number of hydrogen-bond donors (Lipinski definition) is 3. The normalized spacial score (nSPS) is 38.5. The number of alkyl halides is 6. The van der Waals surface area contributed by atoms with Crippen LogP contribution in [0.5, 0.6) is 0 Å². The molecule has 0 heterocycles. The van der Waals surface area contributed by atoms with Gasteiger partial charge < -0.3 is 15.3 Å². The van der Waals surface area contributed by atoms with E-state index in [2.05, 4.69) is 0 Å². The molecule has 3 N–H and O–H groups in total. The molecule has 9 heteroatoms. The van der Waals surface area contributed by atoms with Crippen molar-refractivity contribution in [2.24, 2.45) is 17.8 Å². The lowest BCUT2D eigenvalue weighted by molar-refractivity contribution is -0.373. The Morgan fingerprint density at radius 3 is 1.70 bits per heavy atom. The van der Waals surface area contributed by atoms with Crippen molar-refractivity contribution in [2.75, 3.05) is 0 Å². The minimum Gasteiger partial charge on any atom is -0.390 e. The fourth-order valence-electron chi connectivity index (χ4n) is 3.44. The van der Waals surface area contributed by atoms with Gasteiger partial charge in [0.2, 0.25) is 0 Å². The molecule has 2 aliphatic rings. The molecule has 20 heavy (non-hydrogen) atoms. The summed E-state index contributed by atoms with van der Waals surface area (Å²) in [7, 11) is 0. The van der Waals surface area contributed by atoms with Crippen molar-refractivity contribution >= 4 is 0 Å². The van der Waals surface area contributed by atoms with Crippen LogP contribution in [0.25, 0.3) is 0 Å². The molecule has 2 aliphatic carbocycles. The highest BCUT2D eigenvalue weighted by atomic mass is 19.4. The number of fused-ring (bicyclic) bond motifs is 2. The second-order valence-corrected chi connectivity index (χ2v) is 5.70. The number of hydrogen-bond acceptors (Lipinski definition) is 3. The molecular weight excluding hydrogens is 294 g/mol. The lowest BCUT2D eigenvalue weighted by atomic mass is 9.77. The van der Waals surface area contributed by atoms with Crippen LogP contribution in [0.3, 0.4) is 0 Å². The monoisotopic (exact) mass is 308 g/mol. The summed E-state index contributed by atoms with van der Waals surface area (Å²) in [5, 5.41) is 28.2. The summed E-state index contributed by atoms with van der Waals surface area (Å²) in [6.45, 7) is 0. The zero-order chi connectivity index (χ0) is 15.5. The van der Waals surface area contributed by atoms with Crippen molar-refractivity contribution < 1.29 is 41.7 Å². The van der Waals surface area contributed by atoms with Gasteiger partial charge in [-0.1, -0.05) is 0 Å². The van der Waals surface area contributed by atoms with E-state index in [1.807, 2.05) is 0 Å². The second-order valence-electron chi connectivity index (χ2n) is 5.70. The molecule has 118 valence electrons. The van der Waals surface area contributed by atoms with Crippen molar-refractivity contribution in [3.63, 3.8) is 0 Å². The summed E-state index contributed by atoms with van der Waals surface area (Å²) < 4.78 is 75.5. The molecule has 0 unspecified atom stereocenters. The van der Waals surface area contributed by atoms with Crippen LogP contribution >= 0.6 is 0 Å². The van der Waals surface area contributed by atoms with E-state index in [0.29, 0.717) is 0 Å². The Bertz CT molecular complexity index is 363. The zero-order valence-corrected chi connectivity index (χ0v) is 10.1. The Balaban J connectivity index is 2.20. The van der Waals surface area contributed by atoms with E-state index in [4.69, 9.17) is 5.11 Å². The summed E-state index contributed by atoms with van der Waals surface area (Å²) in [6, 6.07) is 0. The maximum Gasteiger partial charge on any atom is 0.426 e. The Labute approximate surface area is 110 Å². The van der Waals surface area contributed by atoms with Crippen LogP contribution in [-0.2, 0) is 0 Å². The summed E-state index contributed by atoms with van der Waals surface area (Å²) in [6.07, 6.45) is -15.5. The number of aliphatic hydroxyl groups is 3. The minimum atomic E-state index is -5.84. The summed E-state index contributed by atoms with van der Waals surface area (Å²) in [5.74, 6) is -2.47. The van der Waals surface area contributed by atoms with Gasteiger partial charge in [0, 0.05) is 0 Å². The molecule has 0 aromatic rings. The molecule has 5 atom stereocenters. The van der Waals surface area contributed by atoms with Crippen LogP contribution in [0.1, 0.15) is 19.3 Å². The number of aliphatic hydroxyl groups excluding tert-OH is 2. The van der Waals surface area contributed by atoms with Crippen LogP contribution in [0, 0.1) is 17.8 Å². The molecule has 3 nitrogen and oxygen atoms in total. The average molecular weight is 308 g/mol. The fraction of sp³-hybridized carbons (Fsp3) is 1.00. The Morgan fingerprint density at radius 2 is 1.35 bits per heavy atom. The third-order valence-corrected chi connectivity index (χ3v) is 4.55.